The third-order valence-corrected chi connectivity index (χ3v) is 5.83. The van der Waals surface area contributed by atoms with Crippen molar-refractivity contribution in [1.29, 1.82) is 0 Å². The van der Waals surface area contributed by atoms with E-state index in [0.29, 0.717) is 6.61 Å². The predicted octanol–water partition coefficient (Wildman–Crippen LogP) is 6.62. The molecule has 1 saturated heterocycles. The predicted molar refractivity (Wildman–Crippen MR) is 129 cm³/mol. The van der Waals surface area contributed by atoms with E-state index in [1.165, 1.54) is 32.1 Å². The number of hydrogen-bond donors (Lipinski definition) is 0. The molecule has 1 fully saturated rings. The zero-order valence-electron chi connectivity index (χ0n) is 18.8. The molecule has 6 nitrogen and oxygen atoms in total. The molecule has 0 radical (unpaired) electrons. The van der Waals surface area contributed by atoms with Crippen LogP contribution in [0.5, 0.6) is 5.75 Å². The normalized spacial score (nSPS) is 14.7. The number of halogens is 1. The molecule has 3 rings (SSSR count). The number of hydrogen-bond acceptors (Lipinski definition) is 5. The average Bonchev–Trinajstić information content (AvgIpc) is 3.32. The summed E-state index contributed by atoms with van der Waals surface area (Å²) in [6.45, 7) is 2.20. The molecule has 1 aliphatic rings. The van der Waals surface area contributed by atoms with Gasteiger partial charge >= 0.3 is 0 Å². The largest absolute Gasteiger partial charge is 0.494 e. The molecule has 7 heteroatoms. The molecule has 1 unspecified atom stereocenters. The van der Waals surface area contributed by atoms with Crippen molar-refractivity contribution in [1.82, 2.24) is 4.91 Å². The molecule has 2 aromatic carbocycles. The maximum atomic E-state index is 6.05. The first-order valence-electron chi connectivity index (χ1n) is 11.5. The SMILES string of the molecule is CN=[N+]=NC(c1ccccc1)c1cc(Br)cc(OCCCCCCCCC2OCCO2)c1. The van der Waals surface area contributed by atoms with Crippen LogP contribution in [0.4, 0.5) is 0 Å². The second-order valence-electron chi connectivity index (χ2n) is 7.87. The van der Waals surface area contributed by atoms with Crippen molar-refractivity contribution in [2.45, 2.75) is 57.3 Å². The number of nitrogens with zero attached hydrogens (tertiary/aromatic N) is 3. The lowest BCUT2D eigenvalue weighted by Gasteiger charge is -2.12. The highest BCUT2D eigenvalue weighted by molar-refractivity contribution is 9.10. The van der Waals surface area contributed by atoms with Gasteiger partial charge in [0.05, 0.1) is 19.8 Å². The Hall–Kier alpha value is -2.05. The first-order valence-corrected chi connectivity index (χ1v) is 12.3. The lowest BCUT2D eigenvalue weighted by Crippen LogP contribution is -2.06. The fourth-order valence-corrected chi connectivity index (χ4v) is 4.26. The van der Waals surface area contributed by atoms with E-state index in [4.69, 9.17) is 14.2 Å². The minimum Gasteiger partial charge on any atom is -0.494 e. The lowest BCUT2D eigenvalue weighted by atomic mass is 9.99. The summed E-state index contributed by atoms with van der Waals surface area (Å²) in [6.07, 6.45) is 8.17. The molecule has 1 aliphatic heterocycles. The Balaban J connectivity index is 1.43. The molecule has 0 spiro atoms. The zero-order valence-corrected chi connectivity index (χ0v) is 20.4. The number of unbranched alkanes of at least 4 members (excludes halogenated alkanes) is 5. The second-order valence-corrected chi connectivity index (χ2v) is 8.78. The fraction of sp³-hybridized carbons (Fsp3) is 0.520. The van der Waals surface area contributed by atoms with Crippen LogP contribution in [0.1, 0.15) is 62.1 Å². The molecule has 0 aromatic heterocycles. The Kier molecular flexibility index (Phi) is 10.9. The Labute approximate surface area is 199 Å². The molecule has 0 amide bonds. The van der Waals surface area contributed by atoms with E-state index in [1.807, 2.05) is 30.3 Å². The van der Waals surface area contributed by atoms with E-state index in [9.17, 15) is 0 Å². The number of rotatable bonds is 13. The molecule has 0 aliphatic carbocycles. The smallest absolute Gasteiger partial charge is 0.217 e. The monoisotopic (exact) mass is 502 g/mol. The van der Waals surface area contributed by atoms with Crippen LogP contribution >= 0.6 is 15.9 Å². The number of benzene rings is 2. The van der Waals surface area contributed by atoms with Crippen molar-refractivity contribution >= 4 is 15.9 Å². The summed E-state index contributed by atoms with van der Waals surface area (Å²) in [4.78, 5) is 3.90. The van der Waals surface area contributed by atoms with Gasteiger partial charge in [0.25, 0.3) is 0 Å². The van der Waals surface area contributed by atoms with E-state index in [1.54, 1.807) is 7.05 Å². The minimum atomic E-state index is -0.222. The highest BCUT2D eigenvalue weighted by Gasteiger charge is 2.20. The van der Waals surface area contributed by atoms with Crippen molar-refractivity contribution in [3.63, 3.8) is 0 Å². The molecule has 2 aromatic rings. The second kappa shape index (κ2) is 14.2. The van der Waals surface area contributed by atoms with E-state index in [-0.39, 0.29) is 12.3 Å². The first kappa shape index (κ1) is 24.6. The van der Waals surface area contributed by atoms with E-state index >= 15 is 0 Å². The van der Waals surface area contributed by atoms with Gasteiger partial charge in [-0.1, -0.05) is 71.9 Å². The van der Waals surface area contributed by atoms with E-state index in [0.717, 1.165) is 47.4 Å². The molecular weight excluding hydrogens is 470 g/mol. The van der Waals surface area contributed by atoms with Gasteiger partial charge in [-0.05, 0) is 48.6 Å². The molecule has 1 atom stereocenters. The maximum Gasteiger partial charge on any atom is 0.217 e. The summed E-state index contributed by atoms with van der Waals surface area (Å²) in [6, 6.07) is 16.0. The summed E-state index contributed by atoms with van der Waals surface area (Å²) in [5.41, 5.74) is 2.08. The summed E-state index contributed by atoms with van der Waals surface area (Å²) >= 11 is 3.61. The summed E-state index contributed by atoms with van der Waals surface area (Å²) in [5.74, 6) is 0.843. The fourth-order valence-electron chi connectivity index (χ4n) is 3.77. The first-order chi connectivity index (χ1) is 15.8. The summed E-state index contributed by atoms with van der Waals surface area (Å²) < 4.78 is 18.0. The molecule has 172 valence electrons. The molecule has 0 N–H and O–H groups in total. The summed E-state index contributed by atoms with van der Waals surface area (Å²) in [7, 11) is 1.62. The van der Waals surface area contributed by atoms with Gasteiger partial charge in [0, 0.05) is 4.47 Å². The van der Waals surface area contributed by atoms with Crippen LogP contribution in [-0.2, 0) is 9.47 Å². The molecular formula is C25H33BrN3O3+. The van der Waals surface area contributed by atoms with Crippen LogP contribution in [0.15, 0.2) is 63.2 Å². The Morgan fingerprint density at radius 3 is 2.44 bits per heavy atom. The van der Waals surface area contributed by atoms with Gasteiger partial charge in [-0.25, -0.2) is 0 Å². The van der Waals surface area contributed by atoms with Gasteiger partial charge in [0.15, 0.2) is 12.3 Å². The molecule has 0 saturated carbocycles. The Bertz CT molecular complexity index is 866. The Morgan fingerprint density at radius 1 is 0.969 bits per heavy atom. The quantitative estimate of drug-likeness (QED) is 0.175. The van der Waals surface area contributed by atoms with Gasteiger partial charge in [0.1, 0.15) is 23.0 Å². The third kappa shape index (κ3) is 8.47. The van der Waals surface area contributed by atoms with Crippen LogP contribution in [0.3, 0.4) is 0 Å². The number of ether oxygens (including phenoxy) is 3. The lowest BCUT2D eigenvalue weighted by molar-refractivity contribution is -0.0480. The minimum absolute atomic E-state index is 0.0396. The van der Waals surface area contributed by atoms with Crippen LogP contribution < -0.4 is 9.65 Å². The topological polar surface area (TPSA) is 66.5 Å². The van der Waals surface area contributed by atoms with Gasteiger partial charge < -0.3 is 14.2 Å². The van der Waals surface area contributed by atoms with Crippen molar-refractivity contribution in [2.75, 3.05) is 26.9 Å². The van der Waals surface area contributed by atoms with Gasteiger partial charge in [0.2, 0.25) is 4.91 Å². The molecule has 32 heavy (non-hydrogen) atoms. The van der Waals surface area contributed by atoms with Crippen molar-refractivity contribution in [3.05, 3.63) is 64.1 Å². The van der Waals surface area contributed by atoms with Crippen LogP contribution in [0.2, 0.25) is 0 Å². The van der Waals surface area contributed by atoms with Crippen molar-refractivity contribution < 1.29 is 14.2 Å². The van der Waals surface area contributed by atoms with Crippen molar-refractivity contribution in [3.8, 4) is 5.75 Å². The molecule has 0 bridgehead atoms. The Morgan fingerprint density at radius 2 is 1.69 bits per heavy atom. The molecule has 1 heterocycles. The summed E-state index contributed by atoms with van der Waals surface area (Å²) in [5, 5.41) is 8.19. The maximum absolute atomic E-state index is 6.05. The van der Waals surface area contributed by atoms with E-state index in [2.05, 4.69) is 49.3 Å². The van der Waals surface area contributed by atoms with Crippen LogP contribution in [0.25, 0.3) is 0 Å². The van der Waals surface area contributed by atoms with E-state index < -0.39 is 0 Å². The van der Waals surface area contributed by atoms with Crippen molar-refractivity contribution in [2.24, 2.45) is 10.2 Å². The van der Waals surface area contributed by atoms with Gasteiger partial charge in [-0.2, -0.15) is 0 Å². The average molecular weight is 503 g/mol. The van der Waals surface area contributed by atoms with Gasteiger partial charge in [-0.15, -0.1) is 0 Å². The zero-order chi connectivity index (χ0) is 22.4. The highest BCUT2D eigenvalue weighted by Crippen LogP contribution is 2.31. The van der Waals surface area contributed by atoms with Gasteiger partial charge in [-0.3, -0.25) is 0 Å². The van der Waals surface area contributed by atoms with Crippen LogP contribution in [-0.4, -0.2) is 33.2 Å². The highest BCUT2D eigenvalue weighted by atomic mass is 79.9. The third-order valence-electron chi connectivity index (χ3n) is 5.37. The van der Waals surface area contributed by atoms with Crippen LogP contribution in [0, 0.1) is 0 Å². The standard InChI is InChI=1S/C25H33BrN3O3/c1-27-29-28-25(20-11-7-6-8-12-20)21-17-22(26)19-23(18-21)30-14-10-5-3-2-4-9-13-24-31-15-16-32-24/h6-8,11-12,17-19,24-25H,2-5,9-10,13-16H2,1H3/q+1.